The number of carbonyl (C=O) groups is 2. The maximum Gasteiger partial charge on any atom is 0.319 e. The Morgan fingerprint density at radius 2 is 1.75 bits per heavy atom. The fourth-order valence-electron chi connectivity index (χ4n) is 7.37. The fraction of sp³-hybridized carbons (Fsp3) is 0.882. The molecule has 44 heavy (non-hydrogen) atoms. The summed E-state index contributed by atoms with van der Waals surface area (Å²) in [6.07, 6.45) is 0.684. The van der Waals surface area contributed by atoms with Crippen molar-refractivity contribution in [2.45, 2.75) is 111 Å². The number of Topliss-reactive ketones (excluding diaryl/α,β-unsaturated/α-hetero) is 1. The number of likely N-dealkylation sites (tertiary alicyclic amines) is 1. The molecule has 3 aliphatic rings. The summed E-state index contributed by atoms with van der Waals surface area (Å²) in [6.45, 7) is 19.2. The molecule has 1 unspecified atom stereocenters. The molecule has 0 amide bonds. The van der Waals surface area contributed by atoms with Gasteiger partial charge in [0.25, 0.3) is 0 Å². The highest BCUT2D eigenvalue weighted by atomic mass is 16.7. The molecule has 3 heterocycles. The van der Waals surface area contributed by atoms with Gasteiger partial charge in [-0.05, 0) is 81.4 Å². The summed E-state index contributed by atoms with van der Waals surface area (Å²) in [7, 11) is 7.59. The molecule has 9 atom stereocenters. The van der Waals surface area contributed by atoms with E-state index in [0.717, 1.165) is 26.2 Å². The molecule has 254 valence electrons. The van der Waals surface area contributed by atoms with Gasteiger partial charge in [-0.25, -0.2) is 0 Å². The summed E-state index contributed by atoms with van der Waals surface area (Å²) in [6, 6.07) is -0.136. The molecule has 10 heteroatoms. The molecular formula is C34H61N3O7. The van der Waals surface area contributed by atoms with E-state index in [1.807, 2.05) is 32.8 Å². The second kappa shape index (κ2) is 15.0. The molecule has 3 fully saturated rings. The van der Waals surface area contributed by atoms with Crippen LogP contribution in [-0.2, 0) is 28.5 Å². The number of esters is 1. The van der Waals surface area contributed by atoms with Crippen LogP contribution in [0.2, 0.25) is 0 Å². The molecule has 0 aromatic rings. The standard InChI is InChI=1S/C34H61N3O7/c1-21(2)13-14-37-18-25(19-37)27-20-42-32(40)33(6,7)29(39)24(5)30(34(8,41-12)16-22(3)17-36(27)11)44-31-28(38)26(35(9)10)15-23(4)43-31/h13,22-28,30-31,38H,14-20H2,1-12H3/t22-,23-,24+,26+,27?,28-,30-,31+,34-/m1/s1. The quantitative estimate of drug-likeness (QED) is 0.259. The second-order valence-electron chi connectivity index (χ2n) is 15.1. The topological polar surface area (TPSA) is 101 Å². The lowest BCUT2D eigenvalue weighted by molar-refractivity contribution is -0.295. The van der Waals surface area contributed by atoms with Crippen LogP contribution < -0.4 is 0 Å². The van der Waals surface area contributed by atoms with Crippen LogP contribution in [0, 0.1) is 23.2 Å². The first-order chi connectivity index (χ1) is 20.4. The smallest absolute Gasteiger partial charge is 0.319 e. The first kappa shape index (κ1) is 37.1. The molecule has 10 nitrogen and oxygen atoms in total. The molecule has 0 aromatic carbocycles. The zero-order valence-corrected chi connectivity index (χ0v) is 29.5. The van der Waals surface area contributed by atoms with Crippen LogP contribution in [-0.4, -0.2) is 135 Å². The number of ketones is 1. The Bertz CT molecular complexity index is 1010. The van der Waals surface area contributed by atoms with E-state index >= 15 is 0 Å². The van der Waals surface area contributed by atoms with E-state index in [1.54, 1.807) is 27.9 Å². The number of carbonyl (C=O) groups excluding carboxylic acids is 2. The number of likely N-dealkylation sites (N-methyl/N-ethyl adjacent to an activating group) is 2. The van der Waals surface area contributed by atoms with E-state index in [-0.39, 0.29) is 36.5 Å². The van der Waals surface area contributed by atoms with E-state index < -0.39 is 41.4 Å². The van der Waals surface area contributed by atoms with E-state index in [9.17, 15) is 14.7 Å². The third-order valence-electron chi connectivity index (χ3n) is 10.2. The van der Waals surface area contributed by atoms with Crippen LogP contribution in [0.15, 0.2) is 11.6 Å². The van der Waals surface area contributed by atoms with Crippen LogP contribution in [0.1, 0.15) is 68.2 Å². The van der Waals surface area contributed by atoms with Crippen molar-refractivity contribution in [3.05, 3.63) is 11.6 Å². The number of methoxy groups -OCH3 is 1. The molecular weight excluding hydrogens is 562 g/mol. The fourth-order valence-corrected chi connectivity index (χ4v) is 7.37. The van der Waals surface area contributed by atoms with E-state index in [4.69, 9.17) is 18.9 Å². The Morgan fingerprint density at radius 1 is 1.11 bits per heavy atom. The Labute approximate surface area is 266 Å². The van der Waals surface area contributed by atoms with E-state index in [1.165, 1.54) is 5.57 Å². The largest absolute Gasteiger partial charge is 0.463 e. The van der Waals surface area contributed by atoms with Gasteiger partial charge in [0.15, 0.2) is 12.1 Å². The summed E-state index contributed by atoms with van der Waals surface area (Å²) in [5.41, 5.74) is -1.01. The van der Waals surface area contributed by atoms with Crippen molar-refractivity contribution in [1.29, 1.82) is 0 Å². The zero-order valence-electron chi connectivity index (χ0n) is 29.5. The van der Waals surface area contributed by atoms with Crippen molar-refractivity contribution < 1.29 is 33.6 Å². The van der Waals surface area contributed by atoms with Crippen molar-refractivity contribution in [3.8, 4) is 0 Å². The number of aliphatic hydroxyl groups excluding tert-OH is 1. The highest BCUT2D eigenvalue weighted by Gasteiger charge is 2.52. The Kier molecular flexibility index (Phi) is 12.6. The molecule has 3 saturated heterocycles. The molecule has 0 aliphatic carbocycles. The summed E-state index contributed by atoms with van der Waals surface area (Å²) in [4.78, 5) is 34.5. The third-order valence-corrected chi connectivity index (χ3v) is 10.2. The van der Waals surface area contributed by atoms with Crippen LogP contribution in [0.4, 0.5) is 0 Å². The lowest BCUT2D eigenvalue weighted by Gasteiger charge is -2.47. The Balaban J connectivity index is 1.93. The van der Waals surface area contributed by atoms with Gasteiger partial charge in [-0.2, -0.15) is 0 Å². The highest BCUT2D eigenvalue weighted by Crippen LogP contribution is 2.38. The summed E-state index contributed by atoms with van der Waals surface area (Å²) in [5, 5.41) is 11.3. The summed E-state index contributed by atoms with van der Waals surface area (Å²) in [5.74, 6) is -1.04. The van der Waals surface area contributed by atoms with Gasteiger partial charge in [-0.15, -0.1) is 0 Å². The highest BCUT2D eigenvalue weighted by molar-refractivity contribution is 6.04. The number of nitrogens with zero attached hydrogens (tertiary/aromatic N) is 3. The zero-order chi connectivity index (χ0) is 33.1. The normalized spacial score (nSPS) is 38.7. The number of allylic oxidation sites excluding steroid dienone is 1. The number of ether oxygens (including phenoxy) is 4. The SMILES string of the molecule is CO[C@]1(C)C[C@@H](C)CN(C)C(C2CN(CC=C(C)C)C2)COC(=O)C(C)(C)C(=O)[C@H](C)[C@H]1O[C@@H]1O[C@H](C)C[C@H](N(C)C)[C@H]1O. The van der Waals surface area contributed by atoms with Gasteiger partial charge >= 0.3 is 5.97 Å². The van der Waals surface area contributed by atoms with Gasteiger partial charge in [0.2, 0.25) is 0 Å². The monoisotopic (exact) mass is 623 g/mol. The van der Waals surface area contributed by atoms with Gasteiger partial charge in [0.1, 0.15) is 18.1 Å². The van der Waals surface area contributed by atoms with Gasteiger partial charge in [-0.1, -0.05) is 25.5 Å². The van der Waals surface area contributed by atoms with Crippen molar-refractivity contribution in [1.82, 2.24) is 14.7 Å². The van der Waals surface area contributed by atoms with Crippen molar-refractivity contribution >= 4 is 11.8 Å². The second-order valence-corrected chi connectivity index (χ2v) is 15.1. The Morgan fingerprint density at radius 3 is 2.32 bits per heavy atom. The van der Waals surface area contributed by atoms with Gasteiger partial charge < -0.3 is 29.0 Å². The molecule has 3 rings (SSSR count). The lowest BCUT2D eigenvalue weighted by atomic mass is 9.74. The van der Waals surface area contributed by atoms with Crippen LogP contribution in [0.3, 0.4) is 0 Å². The number of rotatable bonds is 7. The van der Waals surface area contributed by atoms with Crippen LogP contribution in [0.25, 0.3) is 0 Å². The lowest BCUT2D eigenvalue weighted by Crippen LogP contribution is -2.59. The van der Waals surface area contributed by atoms with E-state index in [2.05, 4.69) is 43.7 Å². The number of aliphatic hydroxyl groups is 1. The van der Waals surface area contributed by atoms with Crippen molar-refractivity contribution in [2.75, 3.05) is 61.0 Å². The maximum atomic E-state index is 14.2. The van der Waals surface area contributed by atoms with Gasteiger partial charge in [-0.3, -0.25) is 19.4 Å². The predicted molar refractivity (Wildman–Crippen MR) is 171 cm³/mol. The molecule has 0 bridgehead atoms. The average Bonchev–Trinajstić information content (AvgIpc) is 2.91. The summed E-state index contributed by atoms with van der Waals surface area (Å²) >= 11 is 0. The average molecular weight is 624 g/mol. The first-order valence-corrected chi connectivity index (χ1v) is 16.4. The minimum Gasteiger partial charge on any atom is -0.463 e. The third kappa shape index (κ3) is 8.49. The van der Waals surface area contributed by atoms with Gasteiger partial charge in [0.05, 0.1) is 17.8 Å². The minimum atomic E-state index is -1.40. The summed E-state index contributed by atoms with van der Waals surface area (Å²) < 4.78 is 25.0. The number of hydrogen-bond acceptors (Lipinski definition) is 10. The molecule has 3 aliphatic heterocycles. The van der Waals surface area contributed by atoms with E-state index in [0.29, 0.717) is 18.8 Å². The molecule has 0 radical (unpaired) electrons. The first-order valence-electron chi connectivity index (χ1n) is 16.4. The predicted octanol–water partition coefficient (Wildman–Crippen LogP) is 3.22. The molecule has 0 aromatic heterocycles. The van der Waals surface area contributed by atoms with Crippen molar-refractivity contribution in [2.24, 2.45) is 23.2 Å². The van der Waals surface area contributed by atoms with Crippen LogP contribution >= 0.6 is 0 Å². The minimum absolute atomic E-state index is 0.0320. The maximum absolute atomic E-state index is 14.2. The molecule has 0 spiro atoms. The Hall–Kier alpha value is -1.40. The van der Waals surface area contributed by atoms with Crippen LogP contribution in [0.5, 0.6) is 0 Å². The number of cyclic esters (lactones) is 1. The molecule has 1 N–H and O–H groups in total. The number of hydrogen-bond donors (Lipinski definition) is 1. The van der Waals surface area contributed by atoms with Crippen molar-refractivity contribution in [3.63, 3.8) is 0 Å². The van der Waals surface area contributed by atoms with Gasteiger partial charge in [0, 0.05) is 57.2 Å². The molecule has 0 saturated carbocycles.